The summed E-state index contributed by atoms with van der Waals surface area (Å²) in [6, 6.07) is 13.6. The van der Waals surface area contributed by atoms with Crippen molar-refractivity contribution in [3.05, 3.63) is 70.3 Å². The Kier molecular flexibility index (Phi) is 5.04. The van der Waals surface area contributed by atoms with Crippen molar-refractivity contribution in [3.63, 3.8) is 0 Å². The number of hydrogen-bond donors (Lipinski definition) is 0. The van der Waals surface area contributed by atoms with Crippen molar-refractivity contribution in [2.75, 3.05) is 13.1 Å². The number of amides is 1. The molecule has 0 spiro atoms. The summed E-state index contributed by atoms with van der Waals surface area (Å²) in [7, 11) is 0. The first-order chi connectivity index (χ1) is 15.1. The van der Waals surface area contributed by atoms with E-state index in [4.69, 9.17) is 0 Å². The molecule has 0 bridgehead atoms. The van der Waals surface area contributed by atoms with E-state index >= 15 is 0 Å². The summed E-state index contributed by atoms with van der Waals surface area (Å²) in [6.45, 7) is 1.11. The van der Waals surface area contributed by atoms with Gasteiger partial charge in [0.1, 0.15) is 11.3 Å². The predicted octanol–water partition coefficient (Wildman–Crippen LogP) is 3.61. The summed E-state index contributed by atoms with van der Waals surface area (Å²) < 4.78 is 15.4. The summed E-state index contributed by atoms with van der Waals surface area (Å²) in [5.41, 5.74) is 0.611. The fourth-order valence-corrected chi connectivity index (χ4v) is 5.25. The fraction of sp³-hybridized carbons (Fsp3) is 0.417. The number of hydrogen-bond acceptors (Lipinski definition) is 4. The SMILES string of the molecule is O=C(N1CCC(n2nnc3ccccc3c2=O)CC1)C1(c2cccc(F)c2)CCCC1. The molecule has 3 aromatic rings. The average Bonchev–Trinajstić information content (AvgIpc) is 3.31. The predicted molar refractivity (Wildman–Crippen MR) is 115 cm³/mol. The van der Waals surface area contributed by atoms with Gasteiger partial charge in [0.15, 0.2) is 0 Å². The minimum atomic E-state index is -0.630. The van der Waals surface area contributed by atoms with Crippen LogP contribution < -0.4 is 5.56 Å². The molecule has 7 heteroatoms. The minimum Gasteiger partial charge on any atom is -0.342 e. The highest BCUT2D eigenvalue weighted by atomic mass is 19.1. The molecule has 1 amide bonds. The Balaban J connectivity index is 1.36. The van der Waals surface area contributed by atoms with Crippen LogP contribution in [0.3, 0.4) is 0 Å². The van der Waals surface area contributed by atoms with E-state index in [-0.39, 0.29) is 23.3 Å². The van der Waals surface area contributed by atoms with Gasteiger partial charge in [0, 0.05) is 13.1 Å². The first-order valence-electron chi connectivity index (χ1n) is 11.0. The average molecular weight is 420 g/mol. The van der Waals surface area contributed by atoms with Gasteiger partial charge in [-0.2, -0.15) is 0 Å². The monoisotopic (exact) mass is 420 g/mol. The van der Waals surface area contributed by atoms with E-state index in [1.165, 1.54) is 16.8 Å². The van der Waals surface area contributed by atoms with Crippen LogP contribution in [-0.2, 0) is 10.2 Å². The van der Waals surface area contributed by atoms with Crippen molar-refractivity contribution >= 4 is 16.8 Å². The molecule has 1 aromatic heterocycles. The van der Waals surface area contributed by atoms with Gasteiger partial charge in [0.05, 0.1) is 16.8 Å². The Hall–Kier alpha value is -3.09. The fourth-order valence-electron chi connectivity index (χ4n) is 5.25. The molecular weight excluding hydrogens is 395 g/mol. The lowest BCUT2D eigenvalue weighted by molar-refractivity contribution is -0.138. The molecular formula is C24H25FN4O2. The minimum absolute atomic E-state index is 0.0812. The van der Waals surface area contributed by atoms with E-state index in [9.17, 15) is 14.0 Å². The molecule has 6 nitrogen and oxygen atoms in total. The lowest BCUT2D eigenvalue weighted by Crippen LogP contribution is -2.49. The third-order valence-corrected chi connectivity index (χ3v) is 6.93. The van der Waals surface area contributed by atoms with Gasteiger partial charge in [-0.15, -0.1) is 5.10 Å². The van der Waals surface area contributed by atoms with E-state index < -0.39 is 5.41 Å². The van der Waals surface area contributed by atoms with Gasteiger partial charge in [-0.25, -0.2) is 9.07 Å². The highest BCUT2D eigenvalue weighted by Gasteiger charge is 2.45. The summed E-state index contributed by atoms with van der Waals surface area (Å²) in [5, 5.41) is 8.91. The van der Waals surface area contributed by atoms with Gasteiger partial charge < -0.3 is 4.90 Å². The van der Waals surface area contributed by atoms with Crippen molar-refractivity contribution in [3.8, 4) is 0 Å². The molecule has 1 aliphatic carbocycles. The van der Waals surface area contributed by atoms with Crippen molar-refractivity contribution in [2.24, 2.45) is 0 Å². The maximum absolute atomic E-state index is 13.9. The molecule has 160 valence electrons. The molecule has 2 fully saturated rings. The largest absolute Gasteiger partial charge is 0.342 e. The van der Waals surface area contributed by atoms with Crippen molar-refractivity contribution < 1.29 is 9.18 Å². The molecule has 5 rings (SSSR count). The number of nitrogens with zero attached hydrogens (tertiary/aromatic N) is 4. The Morgan fingerprint density at radius 1 is 1.03 bits per heavy atom. The van der Waals surface area contributed by atoms with Gasteiger partial charge in [0.2, 0.25) is 5.91 Å². The third-order valence-electron chi connectivity index (χ3n) is 6.93. The number of piperidine rings is 1. The molecule has 1 saturated heterocycles. The van der Waals surface area contributed by atoms with Gasteiger partial charge >= 0.3 is 0 Å². The zero-order chi connectivity index (χ0) is 21.4. The molecule has 2 aromatic carbocycles. The quantitative estimate of drug-likeness (QED) is 0.649. The number of rotatable bonds is 3. The molecule has 0 radical (unpaired) electrons. The molecule has 2 heterocycles. The van der Waals surface area contributed by atoms with Gasteiger partial charge in [-0.05, 0) is 55.5 Å². The van der Waals surface area contributed by atoms with Crippen LogP contribution in [0.15, 0.2) is 53.3 Å². The third kappa shape index (κ3) is 3.42. The van der Waals surface area contributed by atoms with Crippen LogP contribution in [0.1, 0.15) is 50.1 Å². The Labute approximate surface area is 179 Å². The number of fused-ring (bicyclic) bond motifs is 1. The Morgan fingerprint density at radius 3 is 2.52 bits per heavy atom. The van der Waals surface area contributed by atoms with Gasteiger partial charge in [0.25, 0.3) is 5.56 Å². The first-order valence-corrected chi connectivity index (χ1v) is 11.0. The van der Waals surface area contributed by atoms with Gasteiger partial charge in [-0.1, -0.05) is 42.3 Å². The summed E-state index contributed by atoms with van der Waals surface area (Å²) >= 11 is 0. The Morgan fingerprint density at radius 2 is 1.77 bits per heavy atom. The maximum atomic E-state index is 13.9. The van der Waals surface area contributed by atoms with Gasteiger partial charge in [-0.3, -0.25) is 9.59 Å². The molecule has 1 saturated carbocycles. The van der Waals surface area contributed by atoms with Crippen LogP contribution in [0.4, 0.5) is 4.39 Å². The van der Waals surface area contributed by atoms with Crippen LogP contribution in [0.25, 0.3) is 10.9 Å². The Bertz CT molecular complexity index is 1180. The van der Waals surface area contributed by atoms with Crippen LogP contribution in [0.5, 0.6) is 0 Å². The number of carbonyl (C=O) groups excluding carboxylic acids is 1. The number of likely N-dealkylation sites (tertiary alicyclic amines) is 1. The van der Waals surface area contributed by atoms with E-state index in [1.54, 1.807) is 18.2 Å². The highest BCUT2D eigenvalue weighted by molar-refractivity contribution is 5.88. The molecule has 2 aliphatic rings. The summed E-state index contributed by atoms with van der Waals surface area (Å²) in [4.78, 5) is 28.4. The lowest BCUT2D eigenvalue weighted by Gasteiger charge is -2.38. The lowest BCUT2D eigenvalue weighted by atomic mass is 9.77. The molecule has 0 atom stereocenters. The zero-order valence-electron chi connectivity index (χ0n) is 17.3. The van der Waals surface area contributed by atoms with Crippen molar-refractivity contribution in [1.29, 1.82) is 0 Å². The number of carbonyl (C=O) groups is 1. The van der Waals surface area contributed by atoms with Crippen molar-refractivity contribution in [1.82, 2.24) is 19.9 Å². The highest BCUT2D eigenvalue weighted by Crippen LogP contribution is 2.43. The summed E-state index contributed by atoms with van der Waals surface area (Å²) in [5.74, 6) is -0.212. The smallest absolute Gasteiger partial charge is 0.277 e. The number of benzene rings is 2. The number of halogens is 1. The first kappa shape index (κ1) is 19.8. The van der Waals surface area contributed by atoms with Crippen LogP contribution in [0.2, 0.25) is 0 Å². The second kappa shape index (κ2) is 7.87. The van der Waals surface area contributed by atoms with E-state index in [0.29, 0.717) is 36.8 Å². The molecule has 31 heavy (non-hydrogen) atoms. The van der Waals surface area contributed by atoms with Crippen LogP contribution in [-0.4, -0.2) is 38.9 Å². The zero-order valence-corrected chi connectivity index (χ0v) is 17.3. The molecule has 0 unspecified atom stereocenters. The van der Waals surface area contributed by atoms with Crippen LogP contribution in [0, 0.1) is 5.82 Å². The second-order valence-corrected chi connectivity index (χ2v) is 8.68. The van der Waals surface area contributed by atoms with E-state index in [2.05, 4.69) is 10.3 Å². The topological polar surface area (TPSA) is 68.1 Å². The molecule has 1 aliphatic heterocycles. The maximum Gasteiger partial charge on any atom is 0.277 e. The van der Waals surface area contributed by atoms with E-state index in [1.807, 2.05) is 23.1 Å². The number of aromatic nitrogens is 3. The molecule has 0 N–H and O–H groups in total. The van der Waals surface area contributed by atoms with Crippen LogP contribution >= 0.6 is 0 Å². The normalized spacial score (nSPS) is 19.1. The summed E-state index contributed by atoms with van der Waals surface area (Å²) in [6.07, 6.45) is 4.76. The van der Waals surface area contributed by atoms with Crippen molar-refractivity contribution in [2.45, 2.75) is 50.0 Å². The second-order valence-electron chi connectivity index (χ2n) is 8.68. The van der Waals surface area contributed by atoms with E-state index in [0.717, 1.165) is 31.2 Å². The standard InChI is InChI=1S/C24H25FN4O2/c25-18-7-5-6-17(16-18)24(12-3-4-13-24)23(31)28-14-10-19(11-15-28)29-22(30)20-8-1-2-9-21(20)26-27-29/h1-2,5-9,16,19H,3-4,10-15H2.